The normalized spacial score (nSPS) is 10.9. The lowest BCUT2D eigenvalue weighted by molar-refractivity contribution is 0.569. The summed E-state index contributed by atoms with van der Waals surface area (Å²) in [7, 11) is 0. The van der Waals surface area contributed by atoms with Crippen LogP contribution in [0.25, 0.3) is 0 Å². The second-order valence-electron chi connectivity index (χ2n) is 4.69. The Morgan fingerprint density at radius 2 is 2.17 bits per heavy atom. The molecule has 5 heteroatoms. The van der Waals surface area contributed by atoms with Crippen LogP contribution in [0.2, 0.25) is 0 Å². The SMILES string of the molecule is CCCCN(CCN)c1nccn(C(C)C)c1=O. The van der Waals surface area contributed by atoms with Crippen LogP contribution in [0.15, 0.2) is 17.2 Å². The molecule has 0 aromatic carbocycles. The first-order chi connectivity index (χ1) is 8.61. The van der Waals surface area contributed by atoms with Crippen LogP contribution in [0.4, 0.5) is 5.82 Å². The number of rotatable bonds is 7. The lowest BCUT2D eigenvalue weighted by atomic mass is 10.3. The van der Waals surface area contributed by atoms with Gasteiger partial charge in [-0.3, -0.25) is 4.79 Å². The summed E-state index contributed by atoms with van der Waals surface area (Å²) < 4.78 is 1.71. The number of nitrogens with zero attached hydrogens (tertiary/aromatic N) is 3. The van der Waals surface area contributed by atoms with E-state index in [1.807, 2.05) is 18.7 Å². The van der Waals surface area contributed by atoms with Crippen LogP contribution in [0, 0.1) is 0 Å². The van der Waals surface area contributed by atoms with Gasteiger partial charge in [0, 0.05) is 38.1 Å². The standard InChI is InChI=1S/C13H24N4O/c1-4-5-8-16(9-6-14)12-13(18)17(11(2)3)10-7-15-12/h7,10-11H,4-6,8-9,14H2,1-3H3. The van der Waals surface area contributed by atoms with E-state index in [-0.39, 0.29) is 11.6 Å². The molecule has 0 saturated carbocycles. The second kappa shape index (κ2) is 7.16. The van der Waals surface area contributed by atoms with Gasteiger partial charge in [0.1, 0.15) is 0 Å². The van der Waals surface area contributed by atoms with E-state index >= 15 is 0 Å². The Bertz CT molecular complexity index is 414. The van der Waals surface area contributed by atoms with Crippen molar-refractivity contribution in [2.75, 3.05) is 24.5 Å². The van der Waals surface area contributed by atoms with Crippen LogP contribution in [0.5, 0.6) is 0 Å². The topological polar surface area (TPSA) is 64.2 Å². The van der Waals surface area contributed by atoms with Gasteiger partial charge in [-0.15, -0.1) is 0 Å². The third kappa shape index (κ3) is 3.57. The molecule has 0 atom stereocenters. The van der Waals surface area contributed by atoms with Gasteiger partial charge < -0.3 is 15.2 Å². The van der Waals surface area contributed by atoms with E-state index in [0.29, 0.717) is 18.9 Å². The van der Waals surface area contributed by atoms with Crippen molar-refractivity contribution < 1.29 is 0 Å². The summed E-state index contributed by atoms with van der Waals surface area (Å²) in [5.41, 5.74) is 5.58. The second-order valence-corrected chi connectivity index (χ2v) is 4.69. The van der Waals surface area contributed by atoms with E-state index < -0.39 is 0 Å². The lowest BCUT2D eigenvalue weighted by Gasteiger charge is -2.23. The summed E-state index contributed by atoms with van der Waals surface area (Å²) in [5.74, 6) is 0.519. The Labute approximate surface area is 109 Å². The third-order valence-electron chi connectivity index (χ3n) is 2.89. The van der Waals surface area contributed by atoms with Gasteiger partial charge in [-0.1, -0.05) is 13.3 Å². The molecule has 0 amide bonds. The molecule has 5 nitrogen and oxygen atoms in total. The molecule has 2 N–H and O–H groups in total. The molecule has 0 unspecified atom stereocenters. The summed E-state index contributed by atoms with van der Waals surface area (Å²) >= 11 is 0. The molecule has 0 bridgehead atoms. The number of unbranched alkanes of at least 4 members (excludes halogenated alkanes) is 1. The van der Waals surface area contributed by atoms with Gasteiger partial charge in [-0.25, -0.2) is 4.98 Å². The molecule has 102 valence electrons. The van der Waals surface area contributed by atoms with Gasteiger partial charge in [0.25, 0.3) is 5.56 Å². The molecule has 0 radical (unpaired) electrons. The van der Waals surface area contributed by atoms with Crippen molar-refractivity contribution >= 4 is 5.82 Å². The van der Waals surface area contributed by atoms with Crippen molar-refractivity contribution in [3.63, 3.8) is 0 Å². The fourth-order valence-electron chi connectivity index (χ4n) is 1.87. The number of hydrogen-bond acceptors (Lipinski definition) is 4. The van der Waals surface area contributed by atoms with Crippen LogP contribution in [-0.4, -0.2) is 29.2 Å². The Morgan fingerprint density at radius 1 is 1.44 bits per heavy atom. The summed E-state index contributed by atoms with van der Waals surface area (Å²) in [5, 5.41) is 0. The highest BCUT2D eigenvalue weighted by atomic mass is 16.1. The van der Waals surface area contributed by atoms with Crippen LogP contribution in [0.3, 0.4) is 0 Å². The molecule has 18 heavy (non-hydrogen) atoms. The van der Waals surface area contributed by atoms with Gasteiger partial charge in [-0.05, 0) is 20.3 Å². The quantitative estimate of drug-likeness (QED) is 0.796. The smallest absolute Gasteiger partial charge is 0.293 e. The van der Waals surface area contributed by atoms with Gasteiger partial charge in [0.15, 0.2) is 5.82 Å². The van der Waals surface area contributed by atoms with Gasteiger partial charge in [-0.2, -0.15) is 0 Å². The van der Waals surface area contributed by atoms with Crippen LogP contribution >= 0.6 is 0 Å². The minimum absolute atomic E-state index is 0.0305. The minimum atomic E-state index is -0.0305. The molecule has 0 spiro atoms. The molecule has 1 aromatic heterocycles. The molecule has 0 aliphatic carbocycles. The van der Waals surface area contributed by atoms with Gasteiger partial charge >= 0.3 is 0 Å². The molecular formula is C13H24N4O. The average Bonchev–Trinajstić information content (AvgIpc) is 2.34. The van der Waals surface area contributed by atoms with Crippen molar-refractivity contribution in [1.29, 1.82) is 0 Å². The van der Waals surface area contributed by atoms with Crippen molar-refractivity contribution in [3.8, 4) is 0 Å². The Hall–Kier alpha value is -1.36. The summed E-state index contributed by atoms with van der Waals surface area (Å²) in [4.78, 5) is 18.5. The highest BCUT2D eigenvalue weighted by molar-refractivity contribution is 5.35. The maximum atomic E-state index is 12.3. The summed E-state index contributed by atoms with van der Waals surface area (Å²) in [6, 6.07) is 0.144. The largest absolute Gasteiger partial charge is 0.351 e. The molecule has 1 rings (SSSR count). The van der Waals surface area contributed by atoms with E-state index in [1.54, 1.807) is 17.0 Å². The van der Waals surface area contributed by atoms with Gasteiger partial charge in [0.05, 0.1) is 0 Å². The van der Waals surface area contributed by atoms with Crippen molar-refractivity contribution in [1.82, 2.24) is 9.55 Å². The first-order valence-electron chi connectivity index (χ1n) is 6.64. The van der Waals surface area contributed by atoms with Crippen LogP contribution < -0.4 is 16.2 Å². The molecular weight excluding hydrogens is 228 g/mol. The predicted octanol–water partition coefficient (Wildman–Crippen LogP) is 1.39. The monoisotopic (exact) mass is 252 g/mol. The first-order valence-corrected chi connectivity index (χ1v) is 6.64. The molecule has 0 aliphatic rings. The number of anilines is 1. The highest BCUT2D eigenvalue weighted by Crippen LogP contribution is 2.07. The molecule has 0 saturated heterocycles. The number of aromatic nitrogens is 2. The van der Waals surface area contributed by atoms with E-state index in [1.165, 1.54) is 0 Å². The van der Waals surface area contributed by atoms with Crippen LogP contribution in [-0.2, 0) is 0 Å². The number of hydrogen-bond donors (Lipinski definition) is 1. The fraction of sp³-hybridized carbons (Fsp3) is 0.692. The molecule has 1 heterocycles. The third-order valence-corrected chi connectivity index (χ3v) is 2.89. The van der Waals surface area contributed by atoms with E-state index in [0.717, 1.165) is 19.4 Å². The zero-order valence-electron chi connectivity index (χ0n) is 11.6. The van der Waals surface area contributed by atoms with Crippen molar-refractivity contribution in [3.05, 3.63) is 22.7 Å². The van der Waals surface area contributed by atoms with Crippen molar-refractivity contribution in [2.24, 2.45) is 5.73 Å². The summed E-state index contributed by atoms with van der Waals surface area (Å²) in [6.07, 6.45) is 5.55. The molecule has 0 fully saturated rings. The van der Waals surface area contributed by atoms with E-state index in [2.05, 4.69) is 11.9 Å². The average molecular weight is 252 g/mol. The zero-order valence-corrected chi connectivity index (χ0v) is 11.6. The zero-order chi connectivity index (χ0) is 13.5. The minimum Gasteiger partial charge on any atom is -0.351 e. The maximum absolute atomic E-state index is 12.3. The predicted molar refractivity (Wildman–Crippen MR) is 75.1 cm³/mol. The van der Waals surface area contributed by atoms with E-state index in [4.69, 9.17) is 5.73 Å². The Morgan fingerprint density at radius 3 is 2.72 bits per heavy atom. The highest BCUT2D eigenvalue weighted by Gasteiger charge is 2.13. The Kier molecular flexibility index (Phi) is 5.85. The van der Waals surface area contributed by atoms with Gasteiger partial charge in [0.2, 0.25) is 0 Å². The first kappa shape index (κ1) is 14.7. The molecule has 1 aromatic rings. The number of nitrogens with two attached hydrogens (primary N) is 1. The maximum Gasteiger partial charge on any atom is 0.293 e. The fourth-order valence-corrected chi connectivity index (χ4v) is 1.87. The Balaban J connectivity index is 3.04. The molecule has 0 aliphatic heterocycles. The summed E-state index contributed by atoms with van der Waals surface area (Å²) in [6.45, 7) is 8.14. The van der Waals surface area contributed by atoms with E-state index in [9.17, 15) is 4.79 Å². The lowest BCUT2D eigenvalue weighted by Crippen LogP contribution is -2.37. The van der Waals surface area contributed by atoms with Crippen LogP contribution in [0.1, 0.15) is 39.7 Å². The van der Waals surface area contributed by atoms with Crippen molar-refractivity contribution in [2.45, 2.75) is 39.7 Å².